The normalized spacial score (nSPS) is 26.4. The number of rotatable bonds is 4. The second kappa shape index (κ2) is 6.97. The number of aliphatic hydroxyl groups is 1. The summed E-state index contributed by atoms with van der Waals surface area (Å²) in [6.07, 6.45) is 3.38. The summed E-state index contributed by atoms with van der Waals surface area (Å²) in [4.78, 5) is 12.6. The largest absolute Gasteiger partial charge is 0.393 e. The first kappa shape index (κ1) is 16.4. The highest BCUT2D eigenvalue weighted by atomic mass is 19.1. The fraction of sp³-hybridized carbons (Fsp3) is 0.611. The Kier molecular flexibility index (Phi) is 4.97. The van der Waals surface area contributed by atoms with Crippen molar-refractivity contribution in [2.45, 2.75) is 44.8 Å². The molecule has 1 heterocycles. The maximum Gasteiger partial charge on any atom is 0.251 e. The van der Waals surface area contributed by atoms with Crippen LogP contribution in [0.4, 0.5) is 4.39 Å². The number of carbonyl (C=O) groups excluding carboxylic acids is 1. The lowest BCUT2D eigenvalue weighted by Crippen LogP contribution is -2.53. The van der Waals surface area contributed by atoms with Crippen molar-refractivity contribution in [3.8, 4) is 0 Å². The van der Waals surface area contributed by atoms with Gasteiger partial charge in [-0.3, -0.25) is 4.79 Å². The van der Waals surface area contributed by atoms with Crippen LogP contribution >= 0.6 is 0 Å². The van der Waals surface area contributed by atoms with Gasteiger partial charge in [0.1, 0.15) is 5.82 Å². The Hall–Kier alpha value is -1.46. The van der Waals surface area contributed by atoms with Gasteiger partial charge in [0.2, 0.25) is 0 Å². The minimum Gasteiger partial charge on any atom is -0.393 e. The fourth-order valence-electron chi connectivity index (χ4n) is 3.86. The van der Waals surface area contributed by atoms with Gasteiger partial charge >= 0.3 is 0 Å². The van der Waals surface area contributed by atoms with Gasteiger partial charge in [0.25, 0.3) is 5.91 Å². The Balaban J connectivity index is 1.73. The summed E-state index contributed by atoms with van der Waals surface area (Å²) in [6, 6.07) is 4.36. The van der Waals surface area contributed by atoms with E-state index < -0.39 is 0 Å². The van der Waals surface area contributed by atoms with Gasteiger partial charge in [0, 0.05) is 11.6 Å². The predicted octanol–water partition coefficient (Wildman–Crippen LogP) is 2.00. The van der Waals surface area contributed by atoms with Gasteiger partial charge in [-0.05, 0) is 81.3 Å². The second-order valence-electron chi connectivity index (χ2n) is 6.93. The van der Waals surface area contributed by atoms with Gasteiger partial charge in [0.05, 0.1) is 6.10 Å². The topological polar surface area (TPSA) is 61.4 Å². The SMILES string of the molecule is Cc1cc(F)ccc1C(=O)NC(C1CCNCC1)C1CC(O)C1. The van der Waals surface area contributed by atoms with E-state index in [2.05, 4.69) is 10.6 Å². The first-order valence-electron chi connectivity index (χ1n) is 8.50. The number of aryl methyl sites for hydroxylation is 1. The molecule has 1 unspecified atom stereocenters. The summed E-state index contributed by atoms with van der Waals surface area (Å²) >= 11 is 0. The van der Waals surface area contributed by atoms with Crippen LogP contribution in [0.3, 0.4) is 0 Å². The van der Waals surface area contributed by atoms with Crippen LogP contribution in [0.2, 0.25) is 0 Å². The lowest BCUT2D eigenvalue weighted by molar-refractivity contribution is 0.00918. The van der Waals surface area contributed by atoms with Crippen LogP contribution in [0, 0.1) is 24.6 Å². The molecule has 1 aromatic rings. The molecule has 0 aromatic heterocycles. The first-order valence-corrected chi connectivity index (χ1v) is 8.50. The van der Waals surface area contributed by atoms with E-state index in [1.807, 2.05) is 0 Å². The third-order valence-corrected chi connectivity index (χ3v) is 5.28. The summed E-state index contributed by atoms with van der Waals surface area (Å²) in [7, 11) is 0. The van der Waals surface area contributed by atoms with Crippen molar-refractivity contribution in [1.82, 2.24) is 10.6 Å². The monoisotopic (exact) mass is 320 g/mol. The smallest absolute Gasteiger partial charge is 0.251 e. The maximum absolute atomic E-state index is 13.2. The third kappa shape index (κ3) is 3.72. The Morgan fingerprint density at radius 2 is 2.00 bits per heavy atom. The van der Waals surface area contributed by atoms with Crippen molar-refractivity contribution in [3.63, 3.8) is 0 Å². The van der Waals surface area contributed by atoms with Crippen LogP contribution in [0.15, 0.2) is 18.2 Å². The third-order valence-electron chi connectivity index (χ3n) is 5.28. The quantitative estimate of drug-likeness (QED) is 0.795. The highest BCUT2D eigenvalue weighted by molar-refractivity contribution is 5.95. The zero-order chi connectivity index (χ0) is 16.4. The highest BCUT2D eigenvalue weighted by Crippen LogP contribution is 2.36. The molecular weight excluding hydrogens is 295 g/mol. The maximum atomic E-state index is 13.2. The zero-order valence-corrected chi connectivity index (χ0v) is 13.5. The Morgan fingerprint density at radius 1 is 1.30 bits per heavy atom. The molecular formula is C18H25FN2O2. The number of piperidine rings is 1. The van der Waals surface area contributed by atoms with Crippen LogP contribution in [-0.2, 0) is 0 Å². The molecule has 5 heteroatoms. The second-order valence-corrected chi connectivity index (χ2v) is 6.93. The summed E-state index contributed by atoms with van der Waals surface area (Å²) < 4.78 is 13.2. The standard InChI is InChI=1S/C18H25FN2O2/c1-11-8-14(19)2-3-16(11)18(23)21-17(13-9-15(22)10-13)12-4-6-20-7-5-12/h2-3,8,12-13,15,17,20,22H,4-7,9-10H2,1H3,(H,21,23). The molecule has 3 N–H and O–H groups in total. The predicted molar refractivity (Wildman–Crippen MR) is 86.7 cm³/mol. The lowest BCUT2D eigenvalue weighted by Gasteiger charge is -2.43. The van der Waals surface area contributed by atoms with Gasteiger partial charge in [-0.1, -0.05) is 0 Å². The molecule has 1 aliphatic heterocycles. The molecule has 1 aliphatic carbocycles. The highest BCUT2D eigenvalue weighted by Gasteiger charge is 2.39. The van der Waals surface area contributed by atoms with Crippen molar-refractivity contribution in [2.24, 2.45) is 11.8 Å². The number of hydrogen-bond acceptors (Lipinski definition) is 3. The first-order chi connectivity index (χ1) is 11.0. The molecule has 0 spiro atoms. The summed E-state index contributed by atoms with van der Waals surface area (Å²) in [6.45, 7) is 3.70. The number of halogens is 1. The number of amides is 1. The number of nitrogens with one attached hydrogen (secondary N) is 2. The van der Waals surface area contributed by atoms with E-state index in [1.54, 1.807) is 13.0 Å². The molecule has 1 atom stereocenters. The van der Waals surface area contributed by atoms with Crippen LogP contribution < -0.4 is 10.6 Å². The van der Waals surface area contributed by atoms with Gasteiger partial charge in [-0.15, -0.1) is 0 Å². The van der Waals surface area contributed by atoms with Crippen molar-refractivity contribution in [1.29, 1.82) is 0 Å². The van der Waals surface area contributed by atoms with E-state index in [0.29, 0.717) is 23.0 Å². The van der Waals surface area contributed by atoms with Crippen LogP contribution in [0.1, 0.15) is 41.6 Å². The van der Waals surface area contributed by atoms with E-state index in [0.717, 1.165) is 38.8 Å². The summed E-state index contributed by atoms with van der Waals surface area (Å²) in [5.41, 5.74) is 1.19. The fourth-order valence-corrected chi connectivity index (χ4v) is 3.86. The molecule has 1 aromatic carbocycles. The minimum absolute atomic E-state index is 0.0949. The molecule has 1 amide bonds. The molecule has 0 radical (unpaired) electrons. The molecule has 0 bridgehead atoms. The van der Waals surface area contributed by atoms with Gasteiger partial charge in [0.15, 0.2) is 0 Å². The van der Waals surface area contributed by atoms with E-state index in [9.17, 15) is 14.3 Å². The molecule has 23 heavy (non-hydrogen) atoms. The Bertz CT molecular complexity index is 566. The Morgan fingerprint density at radius 3 is 2.61 bits per heavy atom. The van der Waals surface area contributed by atoms with Gasteiger partial charge in [-0.25, -0.2) is 4.39 Å². The summed E-state index contributed by atoms with van der Waals surface area (Å²) in [5.74, 6) is 0.333. The molecule has 1 saturated carbocycles. The summed E-state index contributed by atoms with van der Waals surface area (Å²) in [5, 5.41) is 16.2. The van der Waals surface area contributed by atoms with E-state index in [-0.39, 0.29) is 23.9 Å². The molecule has 2 aliphatic rings. The average Bonchev–Trinajstić information content (AvgIpc) is 2.50. The molecule has 3 rings (SSSR count). The number of hydrogen-bond donors (Lipinski definition) is 3. The van der Waals surface area contributed by atoms with Crippen molar-refractivity contribution in [2.75, 3.05) is 13.1 Å². The molecule has 126 valence electrons. The van der Waals surface area contributed by atoms with Gasteiger partial charge < -0.3 is 15.7 Å². The van der Waals surface area contributed by atoms with E-state index >= 15 is 0 Å². The number of carbonyl (C=O) groups is 1. The van der Waals surface area contributed by atoms with Gasteiger partial charge in [-0.2, -0.15) is 0 Å². The van der Waals surface area contributed by atoms with E-state index in [1.165, 1.54) is 12.1 Å². The zero-order valence-electron chi connectivity index (χ0n) is 13.5. The van der Waals surface area contributed by atoms with Crippen LogP contribution in [0.25, 0.3) is 0 Å². The molecule has 4 nitrogen and oxygen atoms in total. The average molecular weight is 320 g/mol. The Labute approximate surface area is 136 Å². The van der Waals surface area contributed by atoms with Crippen molar-refractivity contribution < 1.29 is 14.3 Å². The van der Waals surface area contributed by atoms with Crippen molar-refractivity contribution >= 4 is 5.91 Å². The van der Waals surface area contributed by atoms with E-state index in [4.69, 9.17) is 0 Å². The lowest BCUT2D eigenvalue weighted by atomic mass is 9.71. The molecule has 1 saturated heterocycles. The van der Waals surface area contributed by atoms with Crippen LogP contribution in [-0.4, -0.2) is 36.2 Å². The van der Waals surface area contributed by atoms with Crippen LogP contribution in [0.5, 0.6) is 0 Å². The number of aliphatic hydroxyl groups excluding tert-OH is 1. The minimum atomic E-state index is -0.323. The van der Waals surface area contributed by atoms with Crippen molar-refractivity contribution in [3.05, 3.63) is 35.1 Å². The number of benzene rings is 1. The molecule has 2 fully saturated rings.